The van der Waals surface area contributed by atoms with Gasteiger partial charge in [0.25, 0.3) is 0 Å². The smallest absolute Gasteiger partial charge is 0.151 e. The van der Waals surface area contributed by atoms with E-state index in [1.807, 2.05) is 0 Å². The molecule has 1 aromatic rings. The van der Waals surface area contributed by atoms with E-state index in [4.69, 9.17) is 5.26 Å². The average Bonchev–Trinajstić information content (AvgIpc) is 2.39. The number of nitrogens with zero attached hydrogens (tertiary/aromatic N) is 4. The highest BCUT2D eigenvalue weighted by atomic mass is 15.3. The Kier molecular flexibility index (Phi) is 4.14. The molecule has 0 spiro atoms. The molecule has 4 nitrogen and oxygen atoms in total. The van der Waals surface area contributed by atoms with Crippen molar-refractivity contribution in [1.29, 1.82) is 5.26 Å². The van der Waals surface area contributed by atoms with Gasteiger partial charge < -0.3 is 4.90 Å². The molecule has 0 saturated carbocycles. The molecule has 0 radical (unpaired) electrons. The lowest BCUT2D eigenvalue weighted by Crippen LogP contribution is -2.36. The van der Waals surface area contributed by atoms with E-state index < -0.39 is 0 Å². The fraction of sp³-hybridized carbons (Fsp3) is 0.643. The first-order valence-corrected chi connectivity index (χ1v) is 6.66. The quantitative estimate of drug-likeness (QED) is 0.820. The van der Waals surface area contributed by atoms with Crippen LogP contribution in [-0.2, 0) is 0 Å². The fourth-order valence-electron chi connectivity index (χ4n) is 2.38. The molecular formula is C14H20N4. The minimum absolute atomic E-state index is 0.416. The maximum Gasteiger partial charge on any atom is 0.151 e. The molecule has 2 rings (SSSR count). The monoisotopic (exact) mass is 244 g/mol. The van der Waals surface area contributed by atoms with E-state index in [0.717, 1.165) is 37.4 Å². The molecule has 96 valence electrons. The van der Waals surface area contributed by atoms with Crippen LogP contribution in [0.15, 0.2) is 12.1 Å². The highest BCUT2D eigenvalue weighted by Crippen LogP contribution is 2.23. The van der Waals surface area contributed by atoms with Crippen LogP contribution in [0.3, 0.4) is 0 Å². The van der Waals surface area contributed by atoms with Crippen molar-refractivity contribution < 1.29 is 0 Å². The number of hydrogen-bond donors (Lipinski definition) is 0. The SMILES string of the molecule is CC(C)c1ccc(N2CCCC(CC#N)C2)nn1. The van der Waals surface area contributed by atoms with E-state index in [2.05, 4.69) is 47.1 Å². The molecule has 1 aliphatic rings. The Morgan fingerprint density at radius 3 is 2.89 bits per heavy atom. The van der Waals surface area contributed by atoms with Crippen molar-refractivity contribution in [3.63, 3.8) is 0 Å². The van der Waals surface area contributed by atoms with Gasteiger partial charge in [-0.15, -0.1) is 5.10 Å². The summed E-state index contributed by atoms with van der Waals surface area (Å²) < 4.78 is 0. The number of anilines is 1. The molecule has 1 atom stereocenters. The third-order valence-corrected chi connectivity index (χ3v) is 3.49. The van der Waals surface area contributed by atoms with E-state index in [9.17, 15) is 0 Å². The zero-order valence-corrected chi connectivity index (χ0v) is 11.1. The molecule has 18 heavy (non-hydrogen) atoms. The molecule has 0 bridgehead atoms. The fourth-order valence-corrected chi connectivity index (χ4v) is 2.38. The summed E-state index contributed by atoms with van der Waals surface area (Å²) in [7, 11) is 0. The van der Waals surface area contributed by atoms with E-state index in [0.29, 0.717) is 18.3 Å². The third-order valence-electron chi connectivity index (χ3n) is 3.49. The van der Waals surface area contributed by atoms with Crippen LogP contribution in [0.25, 0.3) is 0 Å². The third kappa shape index (κ3) is 2.98. The first-order valence-electron chi connectivity index (χ1n) is 6.66. The Balaban J connectivity index is 2.04. The van der Waals surface area contributed by atoms with Crippen molar-refractivity contribution in [2.24, 2.45) is 5.92 Å². The summed E-state index contributed by atoms with van der Waals surface area (Å²) in [6.45, 7) is 6.20. The lowest BCUT2D eigenvalue weighted by molar-refractivity contribution is 0.419. The predicted molar refractivity (Wildman–Crippen MR) is 71.3 cm³/mol. The van der Waals surface area contributed by atoms with Gasteiger partial charge in [-0.25, -0.2) is 0 Å². The Labute approximate surface area is 109 Å². The summed E-state index contributed by atoms with van der Waals surface area (Å²) in [4.78, 5) is 2.25. The summed E-state index contributed by atoms with van der Waals surface area (Å²) in [6.07, 6.45) is 2.94. The Hall–Kier alpha value is -1.63. The Bertz CT molecular complexity index is 418. The minimum Gasteiger partial charge on any atom is -0.355 e. The highest BCUT2D eigenvalue weighted by molar-refractivity contribution is 5.38. The van der Waals surface area contributed by atoms with Crippen LogP contribution >= 0.6 is 0 Å². The van der Waals surface area contributed by atoms with Gasteiger partial charge in [-0.1, -0.05) is 13.8 Å². The molecule has 2 heterocycles. The molecule has 1 saturated heterocycles. The van der Waals surface area contributed by atoms with Crippen LogP contribution in [0.4, 0.5) is 5.82 Å². The van der Waals surface area contributed by atoms with Crippen LogP contribution in [0.1, 0.15) is 44.7 Å². The van der Waals surface area contributed by atoms with E-state index in [-0.39, 0.29) is 0 Å². The molecule has 0 aromatic carbocycles. The maximum absolute atomic E-state index is 8.78. The van der Waals surface area contributed by atoms with Crippen LogP contribution in [0.2, 0.25) is 0 Å². The van der Waals surface area contributed by atoms with Crippen LogP contribution in [0.5, 0.6) is 0 Å². The second-order valence-corrected chi connectivity index (χ2v) is 5.29. The Morgan fingerprint density at radius 2 is 2.28 bits per heavy atom. The van der Waals surface area contributed by atoms with Crippen LogP contribution < -0.4 is 4.90 Å². The molecule has 1 aromatic heterocycles. The molecular weight excluding hydrogens is 224 g/mol. The maximum atomic E-state index is 8.78. The summed E-state index contributed by atoms with van der Waals surface area (Å²) in [6, 6.07) is 6.38. The van der Waals surface area contributed by atoms with Crippen LogP contribution in [-0.4, -0.2) is 23.3 Å². The van der Waals surface area contributed by atoms with Gasteiger partial charge in [0.05, 0.1) is 11.8 Å². The lowest BCUT2D eigenvalue weighted by Gasteiger charge is -2.32. The van der Waals surface area contributed by atoms with Crippen LogP contribution in [0, 0.1) is 17.2 Å². The summed E-state index contributed by atoms with van der Waals surface area (Å²) >= 11 is 0. The first-order chi connectivity index (χ1) is 8.70. The van der Waals surface area contributed by atoms with Crippen molar-refractivity contribution in [3.8, 4) is 6.07 Å². The predicted octanol–water partition coefficient (Wildman–Crippen LogP) is 2.73. The van der Waals surface area contributed by atoms with Gasteiger partial charge >= 0.3 is 0 Å². The first kappa shape index (κ1) is 12.8. The van der Waals surface area contributed by atoms with Gasteiger partial charge in [0.2, 0.25) is 0 Å². The normalized spacial score (nSPS) is 19.9. The number of aromatic nitrogens is 2. The van der Waals surface area contributed by atoms with E-state index in [1.165, 1.54) is 0 Å². The largest absolute Gasteiger partial charge is 0.355 e. The van der Waals surface area contributed by atoms with Crippen molar-refractivity contribution >= 4 is 5.82 Å². The summed E-state index contributed by atoms with van der Waals surface area (Å²) in [5, 5.41) is 17.4. The minimum atomic E-state index is 0.416. The highest BCUT2D eigenvalue weighted by Gasteiger charge is 2.20. The molecule has 0 N–H and O–H groups in total. The molecule has 1 fully saturated rings. The topological polar surface area (TPSA) is 52.8 Å². The number of nitriles is 1. The van der Waals surface area contributed by atoms with Gasteiger partial charge in [0.1, 0.15) is 0 Å². The molecule has 0 amide bonds. The van der Waals surface area contributed by atoms with Crippen molar-refractivity contribution in [3.05, 3.63) is 17.8 Å². The van der Waals surface area contributed by atoms with Gasteiger partial charge in [-0.2, -0.15) is 10.4 Å². The van der Waals surface area contributed by atoms with E-state index >= 15 is 0 Å². The molecule has 4 heteroatoms. The number of rotatable bonds is 3. The molecule has 0 aliphatic carbocycles. The zero-order valence-electron chi connectivity index (χ0n) is 11.1. The number of hydrogen-bond acceptors (Lipinski definition) is 4. The van der Waals surface area contributed by atoms with Gasteiger partial charge in [0.15, 0.2) is 5.82 Å². The second kappa shape index (κ2) is 5.81. The zero-order chi connectivity index (χ0) is 13.0. The summed E-state index contributed by atoms with van der Waals surface area (Å²) in [5.74, 6) is 1.84. The second-order valence-electron chi connectivity index (χ2n) is 5.29. The number of piperidine rings is 1. The lowest BCUT2D eigenvalue weighted by atomic mass is 9.95. The standard InChI is InChI=1S/C14H20N4/c1-11(2)13-5-6-14(17-16-13)18-9-3-4-12(10-18)7-8-15/h5-6,11-12H,3-4,7,9-10H2,1-2H3. The average molecular weight is 244 g/mol. The van der Waals surface area contributed by atoms with Crippen molar-refractivity contribution in [2.45, 2.75) is 39.0 Å². The van der Waals surface area contributed by atoms with Gasteiger partial charge in [0, 0.05) is 19.5 Å². The van der Waals surface area contributed by atoms with Crippen molar-refractivity contribution in [1.82, 2.24) is 10.2 Å². The van der Waals surface area contributed by atoms with Gasteiger partial charge in [-0.3, -0.25) is 0 Å². The van der Waals surface area contributed by atoms with Crippen molar-refractivity contribution in [2.75, 3.05) is 18.0 Å². The van der Waals surface area contributed by atoms with Gasteiger partial charge in [-0.05, 0) is 36.8 Å². The molecule has 1 aliphatic heterocycles. The Morgan fingerprint density at radius 1 is 1.44 bits per heavy atom. The summed E-state index contributed by atoms with van der Waals surface area (Å²) in [5.41, 5.74) is 1.03. The van der Waals surface area contributed by atoms with E-state index in [1.54, 1.807) is 0 Å². The molecule has 1 unspecified atom stereocenters.